The minimum Gasteiger partial charge on any atom is -0.352 e. The lowest BCUT2D eigenvalue weighted by atomic mass is 10.2. The number of anilines is 2. The van der Waals surface area contributed by atoms with Crippen LogP contribution in [0.25, 0.3) is 10.9 Å². The number of aromatic nitrogens is 2. The van der Waals surface area contributed by atoms with Crippen LogP contribution in [0.3, 0.4) is 0 Å². The smallest absolute Gasteiger partial charge is 0.283 e. The molecule has 1 fully saturated rings. The number of nitrogens with zero attached hydrogens (tertiary/aromatic N) is 5. The average Bonchev–Trinajstić information content (AvgIpc) is 3.36. The SMILES string of the molecule is CC(=O)N1CCc2cc(S(=O)(=O)n3nc(N4CCN(C)CC4)c4ccccc43)ccc21. The van der Waals surface area contributed by atoms with E-state index in [1.165, 1.54) is 6.92 Å². The minimum absolute atomic E-state index is 0.0377. The van der Waals surface area contributed by atoms with Crippen molar-refractivity contribution in [2.24, 2.45) is 0 Å². The third-order valence-electron chi connectivity index (χ3n) is 6.19. The van der Waals surface area contributed by atoms with Gasteiger partial charge in [-0.1, -0.05) is 12.1 Å². The van der Waals surface area contributed by atoms with Crippen LogP contribution in [0.15, 0.2) is 47.4 Å². The summed E-state index contributed by atoms with van der Waals surface area (Å²) in [5, 5.41) is 5.43. The molecular formula is C22H25N5O3S. The molecule has 0 spiro atoms. The highest BCUT2D eigenvalue weighted by Gasteiger charge is 2.29. The predicted molar refractivity (Wildman–Crippen MR) is 120 cm³/mol. The van der Waals surface area contributed by atoms with Gasteiger partial charge in [-0.25, -0.2) is 0 Å². The molecule has 1 saturated heterocycles. The van der Waals surface area contributed by atoms with Gasteiger partial charge in [0.1, 0.15) is 0 Å². The van der Waals surface area contributed by atoms with E-state index in [0.717, 1.165) is 46.9 Å². The number of hydrogen-bond acceptors (Lipinski definition) is 6. The number of carbonyl (C=O) groups is 1. The normalized spacial score (nSPS) is 17.4. The number of benzene rings is 2. The van der Waals surface area contributed by atoms with E-state index in [-0.39, 0.29) is 10.8 Å². The summed E-state index contributed by atoms with van der Waals surface area (Å²) in [6.45, 7) is 5.52. The molecule has 1 amide bonds. The first-order chi connectivity index (χ1) is 14.9. The number of amides is 1. The average molecular weight is 440 g/mol. The van der Waals surface area contributed by atoms with E-state index in [2.05, 4.69) is 21.9 Å². The van der Waals surface area contributed by atoms with Crippen molar-refractivity contribution in [1.82, 2.24) is 14.1 Å². The van der Waals surface area contributed by atoms with Gasteiger partial charge in [-0.05, 0) is 49.4 Å². The second-order valence-corrected chi connectivity index (χ2v) is 9.96. The van der Waals surface area contributed by atoms with E-state index in [1.54, 1.807) is 29.2 Å². The summed E-state index contributed by atoms with van der Waals surface area (Å²) >= 11 is 0. The van der Waals surface area contributed by atoms with Crippen LogP contribution in [-0.2, 0) is 21.2 Å². The zero-order chi connectivity index (χ0) is 21.8. The van der Waals surface area contributed by atoms with Gasteiger partial charge in [0, 0.05) is 50.7 Å². The topological polar surface area (TPSA) is 78.8 Å². The minimum atomic E-state index is -3.89. The van der Waals surface area contributed by atoms with Gasteiger partial charge in [-0.3, -0.25) is 4.79 Å². The van der Waals surface area contributed by atoms with Gasteiger partial charge in [0.05, 0.1) is 10.4 Å². The van der Waals surface area contributed by atoms with Crippen LogP contribution in [0.2, 0.25) is 0 Å². The first-order valence-corrected chi connectivity index (χ1v) is 11.9. The molecule has 5 rings (SSSR count). The number of hydrogen-bond donors (Lipinski definition) is 0. The first-order valence-electron chi connectivity index (χ1n) is 10.4. The predicted octanol–water partition coefficient (Wildman–Crippen LogP) is 1.93. The van der Waals surface area contributed by atoms with E-state index in [1.807, 2.05) is 18.2 Å². The van der Waals surface area contributed by atoms with Crippen molar-refractivity contribution in [2.75, 3.05) is 49.6 Å². The van der Waals surface area contributed by atoms with E-state index in [9.17, 15) is 13.2 Å². The van der Waals surface area contributed by atoms with Crippen molar-refractivity contribution < 1.29 is 13.2 Å². The Morgan fingerprint density at radius 3 is 2.48 bits per heavy atom. The molecule has 3 aromatic rings. The summed E-state index contributed by atoms with van der Waals surface area (Å²) < 4.78 is 28.4. The standard InChI is InChI=1S/C22H25N5O3S/c1-16(28)26-10-9-17-15-18(7-8-20(17)26)31(29,30)27-21-6-4-3-5-19(21)22(23-27)25-13-11-24(2)12-14-25/h3-8,15H,9-14H2,1-2H3. The zero-order valence-electron chi connectivity index (χ0n) is 17.7. The second-order valence-electron chi connectivity index (χ2n) is 8.19. The molecule has 9 heteroatoms. The van der Waals surface area contributed by atoms with Gasteiger partial charge in [0.2, 0.25) is 5.91 Å². The molecule has 0 aliphatic carbocycles. The molecule has 1 aromatic heterocycles. The molecule has 8 nitrogen and oxygen atoms in total. The molecule has 2 aromatic carbocycles. The Hall–Kier alpha value is -2.91. The summed E-state index contributed by atoms with van der Waals surface area (Å²) in [5.41, 5.74) is 2.23. The molecule has 0 unspecified atom stereocenters. The Kier molecular flexibility index (Phi) is 4.75. The number of rotatable bonds is 3. The first kappa shape index (κ1) is 20.0. The lowest BCUT2D eigenvalue weighted by Gasteiger charge is -2.32. The zero-order valence-corrected chi connectivity index (χ0v) is 18.5. The van der Waals surface area contributed by atoms with Crippen LogP contribution < -0.4 is 9.80 Å². The van der Waals surface area contributed by atoms with E-state index < -0.39 is 10.0 Å². The van der Waals surface area contributed by atoms with Gasteiger partial charge < -0.3 is 14.7 Å². The summed E-state index contributed by atoms with van der Waals surface area (Å²) in [7, 11) is -1.81. The molecule has 0 saturated carbocycles. The number of para-hydroxylation sites is 1. The summed E-state index contributed by atoms with van der Waals surface area (Å²) in [4.78, 5) is 18.1. The number of piperazine rings is 1. The van der Waals surface area contributed by atoms with Crippen molar-refractivity contribution in [3.63, 3.8) is 0 Å². The Morgan fingerprint density at radius 1 is 1.00 bits per heavy atom. The maximum absolute atomic E-state index is 13.6. The summed E-state index contributed by atoms with van der Waals surface area (Å²) in [6, 6.07) is 12.4. The van der Waals surface area contributed by atoms with Crippen molar-refractivity contribution in [3.05, 3.63) is 48.0 Å². The van der Waals surface area contributed by atoms with Crippen LogP contribution in [-0.4, -0.2) is 68.2 Å². The van der Waals surface area contributed by atoms with E-state index >= 15 is 0 Å². The maximum Gasteiger partial charge on any atom is 0.283 e. The van der Waals surface area contributed by atoms with Crippen LogP contribution in [0.4, 0.5) is 11.5 Å². The summed E-state index contributed by atoms with van der Waals surface area (Å²) in [5.74, 6) is 0.667. The van der Waals surface area contributed by atoms with Gasteiger partial charge in [-0.15, -0.1) is 5.10 Å². The lowest BCUT2D eigenvalue weighted by molar-refractivity contribution is -0.116. The number of fused-ring (bicyclic) bond motifs is 2. The molecule has 3 heterocycles. The maximum atomic E-state index is 13.6. The van der Waals surface area contributed by atoms with Crippen molar-refractivity contribution >= 4 is 38.3 Å². The monoisotopic (exact) mass is 439 g/mol. The molecule has 0 radical (unpaired) electrons. The molecule has 2 aliphatic heterocycles. The molecule has 2 aliphatic rings. The van der Waals surface area contributed by atoms with E-state index in [4.69, 9.17) is 0 Å². The molecule has 31 heavy (non-hydrogen) atoms. The van der Waals surface area contributed by atoms with Crippen molar-refractivity contribution in [1.29, 1.82) is 0 Å². The third-order valence-corrected chi connectivity index (χ3v) is 7.77. The highest BCUT2D eigenvalue weighted by Crippen LogP contribution is 2.33. The summed E-state index contributed by atoms with van der Waals surface area (Å²) in [6.07, 6.45) is 0.644. The number of carbonyl (C=O) groups excluding carboxylic acids is 1. The van der Waals surface area contributed by atoms with Crippen molar-refractivity contribution in [3.8, 4) is 0 Å². The second kappa shape index (κ2) is 7.35. The highest BCUT2D eigenvalue weighted by molar-refractivity contribution is 7.90. The largest absolute Gasteiger partial charge is 0.352 e. The quantitative estimate of drug-likeness (QED) is 0.621. The van der Waals surface area contributed by atoms with Gasteiger partial charge >= 0.3 is 0 Å². The Labute approximate surface area is 181 Å². The highest BCUT2D eigenvalue weighted by atomic mass is 32.2. The van der Waals surface area contributed by atoms with Crippen LogP contribution in [0.1, 0.15) is 12.5 Å². The molecule has 0 bridgehead atoms. The van der Waals surface area contributed by atoms with Crippen LogP contribution in [0, 0.1) is 0 Å². The fraction of sp³-hybridized carbons (Fsp3) is 0.364. The molecule has 0 N–H and O–H groups in total. The number of likely N-dealkylation sites (N-methyl/N-ethyl adjacent to an activating group) is 1. The lowest BCUT2D eigenvalue weighted by Crippen LogP contribution is -2.44. The molecular weight excluding hydrogens is 414 g/mol. The van der Waals surface area contributed by atoms with E-state index in [0.29, 0.717) is 24.3 Å². The fourth-order valence-electron chi connectivity index (χ4n) is 4.42. The van der Waals surface area contributed by atoms with Gasteiger partial charge in [0.15, 0.2) is 5.82 Å². The molecule has 0 atom stereocenters. The Bertz CT molecular complexity index is 1280. The van der Waals surface area contributed by atoms with Gasteiger partial charge in [0.25, 0.3) is 10.0 Å². The van der Waals surface area contributed by atoms with Gasteiger partial charge in [-0.2, -0.15) is 12.5 Å². The fourth-order valence-corrected chi connectivity index (χ4v) is 5.76. The van der Waals surface area contributed by atoms with Crippen LogP contribution >= 0.6 is 0 Å². The third kappa shape index (κ3) is 3.28. The Balaban J connectivity index is 1.59. The Morgan fingerprint density at radius 2 is 1.74 bits per heavy atom. The van der Waals surface area contributed by atoms with Crippen LogP contribution in [0.5, 0.6) is 0 Å². The van der Waals surface area contributed by atoms with Crippen molar-refractivity contribution in [2.45, 2.75) is 18.2 Å². The molecule has 162 valence electrons.